The molecule has 33 valence electrons. The van der Waals surface area contributed by atoms with E-state index >= 15 is 0 Å². The van der Waals surface area contributed by atoms with Crippen molar-refractivity contribution in [1.82, 2.24) is 0 Å². The molecular weight excluding hydrogens is 157 g/mol. The molecule has 0 aliphatic heterocycles. The van der Waals surface area contributed by atoms with E-state index < -0.39 is 0 Å². The van der Waals surface area contributed by atoms with Crippen LogP contribution in [0, 0.1) is 0 Å². The van der Waals surface area contributed by atoms with E-state index in [-0.39, 0.29) is 25.0 Å². The molecule has 0 aliphatic rings. The summed E-state index contributed by atoms with van der Waals surface area (Å²) in [4.78, 5) is 8.68. The van der Waals surface area contributed by atoms with E-state index in [1.807, 2.05) is 0 Å². The molecule has 0 aliphatic carbocycles. The molecular formula is C2H5O2Ru. The predicted molar refractivity (Wildman–Crippen MR) is 15.0 cm³/mol. The van der Waals surface area contributed by atoms with E-state index in [1.54, 1.807) is 0 Å². The Bertz CT molecular complexity index is 15.1. The molecule has 0 aromatic heterocycles. The van der Waals surface area contributed by atoms with Gasteiger partial charge >= 0.3 is 19.5 Å². The topological polar surface area (TPSA) is 48.6 Å². The fraction of sp³-hybridized carbons (Fsp3) is 0.500. The summed E-state index contributed by atoms with van der Waals surface area (Å²) in [5.41, 5.74) is 0. The van der Waals surface area contributed by atoms with Crippen molar-refractivity contribution in [2.45, 2.75) is 6.92 Å². The van der Waals surface area contributed by atoms with Gasteiger partial charge in [-0.3, -0.25) is 6.29 Å². The first-order valence-corrected chi connectivity index (χ1v) is 0.704. The van der Waals surface area contributed by atoms with E-state index in [2.05, 4.69) is 0 Å². The Kier molecular flexibility index (Phi) is 107. The van der Waals surface area contributed by atoms with E-state index in [9.17, 15) is 0 Å². The fourth-order valence-electron chi connectivity index (χ4n) is 0. The number of rotatable bonds is 0. The fourth-order valence-corrected chi connectivity index (χ4v) is 0. The first-order chi connectivity index (χ1) is 1.41. The molecule has 0 saturated heterocycles. The molecule has 0 saturated carbocycles. The van der Waals surface area contributed by atoms with Crippen LogP contribution in [0.15, 0.2) is 0 Å². The zero-order chi connectivity index (χ0) is 2.71. The monoisotopic (exact) mass is 163 g/mol. The van der Waals surface area contributed by atoms with Crippen molar-refractivity contribution in [1.29, 1.82) is 0 Å². The first-order valence-electron chi connectivity index (χ1n) is 0.704. The molecule has 0 heterocycles. The zero-order valence-corrected chi connectivity index (χ0v) is 4.50. The van der Waals surface area contributed by atoms with E-state index in [0.717, 1.165) is 0 Å². The minimum atomic E-state index is 0. The third-order valence-corrected chi connectivity index (χ3v) is 0. The van der Waals surface area contributed by atoms with Gasteiger partial charge in [0, 0.05) is 0 Å². The molecule has 2 N–H and O–H groups in total. The Morgan fingerprint density at radius 2 is 1.60 bits per heavy atom. The van der Waals surface area contributed by atoms with Gasteiger partial charge in [0.2, 0.25) is 0 Å². The van der Waals surface area contributed by atoms with Gasteiger partial charge in [0.05, 0.1) is 0 Å². The molecule has 0 aromatic carbocycles. The molecule has 0 bridgehead atoms. The van der Waals surface area contributed by atoms with Crippen LogP contribution in [0.25, 0.3) is 0 Å². The van der Waals surface area contributed by atoms with Crippen LogP contribution >= 0.6 is 0 Å². The molecule has 0 atom stereocenters. The average Bonchev–Trinajstić information content (AvgIpc) is 0.918. The van der Waals surface area contributed by atoms with Gasteiger partial charge in [0.15, 0.2) is 0 Å². The van der Waals surface area contributed by atoms with Crippen molar-refractivity contribution in [3.05, 3.63) is 0 Å². The van der Waals surface area contributed by atoms with Crippen LogP contribution in [0.3, 0.4) is 0 Å². The third-order valence-electron chi connectivity index (χ3n) is 0. The van der Waals surface area contributed by atoms with E-state index in [4.69, 9.17) is 4.79 Å². The van der Waals surface area contributed by atoms with E-state index in [0.29, 0.717) is 0 Å². The van der Waals surface area contributed by atoms with E-state index in [1.165, 1.54) is 13.2 Å². The Morgan fingerprint density at radius 3 is 1.60 bits per heavy atom. The van der Waals surface area contributed by atoms with Crippen LogP contribution in [-0.2, 0) is 24.3 Å². The summed E-state index contributed by atoms with van der Waals surface area (Å²) in [6, 6.07) is 0. The number of carbonyl (C=O) groups excluding carboxylic acids is 1. The van der Waals surface area contributed by atoms with Crippen molar-refractivity contribution in [2.24, 2.45) is 0 Å². The van der Waals surface area contributed by atoms with Gasteiger partial charge < -0.3 is 10.3 Å². The zero-order valence-electron chi connectivity index (χ0n) is 2.76. The molecule has 0 fully saturated rings. The van der Waals surface area contributed by atoms with Crippen molar-refractivity contribution in [3.63, 3.8) is 0 Å². The maximum absolute atomic E-state index is 8.68. The summed E-state index contributed by atoms with van der Waals surface area (Å²) in [7, 11) is 0. The van der Waals surface area contributed by atoms with Crippen LogP contribution in [-0.4, -0.2) is 11.8 Å². The van der Waals surface area contributed by atoms with Gasteiger partial charge in [-0.15, -0.1) is 0 Å². The summed E-state index contributed by atoms with van der Waals surface area (Å²) in [6.45, 7) is 1.32. The van der Waals surface area contributed by atoms with Gasteiger partial charge in [-0.1, -0.05) is 0 Å². The van der Waals surface area contributed by atoms with Crippen LogP contribution in [0.2, 0.25) is 0 Å². The normalized spacial score (nSPS) is 2.60. The van der Waals surface area contributed by atoms with Crippen LogP contribution in [0.1, 0.15) is 6.92 Å². The summed E-state index contributed by atoms with van der Waals surface area (Å²) < 4.78 is 0. The predicted octanol–water partition coefficient (Wildman–Crippen LogP) is -0.711. The summed E-state index contributed by atoms with van der Waals surface area (Å²) >= 11 is 0. The van der Waals surface area contributed by atoms with Gasteiger partial charge in [-0.05, 0) is 0 Å². The average molecular weight is 162 g/mol. The molecule has 0 unspecified atom stereocenters. The minimum Gasteiger partial charge on any atom is -0.542 e. The molecule has 0 amide bonds. The summed E-state index contributed by atoms with van der Waals surface area (Å²) in [5, 5.41) is 0. The van der Waals surface area contributed by atoms with Gasteiger partial charge in [-0.25, -0.2) is 0 Å². The Hall–Kier alpha value is 0.253. The van der Waals surface area contributed by atoms with Gasteiger partial charge in [0.1, 0.15) is 0 Å². The number of hydrogen-bond donors (Lipinski definition) is 0. The summed E-state index contributed by atoms with van der Waals surface area (Å²) in [6.07, 6.45) is 1.50. The maximum Gasteiger partial charge on any atom is 1.00 e. The van der Waals surface area contributed by atoms with Crippen LogP contribution in [0.5, 0.6) is 0 Å². The SMILES string of the molecule is C[C-]=O.O.[Ru+]. The van der Waals surface area contributed by atoms with Crippen molar-refractivity contribution in [2.75, 3.05) is 0 Å². The third kappa shape index (κ3) is 336. The molecule has 0 rings (SSSR count). The molecule has 1 radical (unpaired) electrons. The first kappa shape index (κ1) is 18.7. The quantitative estimate of drug-likeness (QED) is 0.343. The molecule has 2 nitrogen and oxygen atoms in total. The maximum atomic E-state index is 8.68. The van der Waals surface area contributed by atoms with Crippen molar-refractivity contribution in [3.8, 4) is 0 Å². The van der Waals surface area contributed by atoms with Crippen molar-refractivity contribution < 1.29 is 29.7 Å². The smallest absolute Gasteiger partial charge is 0.542 e. The van der Waals surface area contributed by atoms with Crippen LogP contribution < -0.4 is 0 Å². The second-order valence-corrected chi connectivity index (χ2v) is 0.204. The molecule has 0 aromatic rings. The molecule has 5 heavy (non-hydrogen) atoms. The minimum absolute atomic E-state index is 0. The Labute approximate surface area is 43.6 Å². The molecule has 0 spiro atoms. The van der Waals surface area contributed by atoms with Gasteiger partial charge in [-0.2, -0.15) is 6.92 Å². The number of hydrogen-bond acceptors (Lipinski definition) is 1. The second kappa shape index (κ2) is 28.7. The van der Waals surface area contributed by atoms with Crippen molar-refractivity contribution >= 4 is 6.29 Å². The Balaban J connectivity index is -0.0000000200. The standard InChI is InChI=1S/C2H3O.H2O.Ru/c1-2-3;;/h1H3;1H2;/q-1;;+1. The van der Waals surface area contributed by atoms with Gasteiger partial charge in [0.25, 0.3) is 0 Å². The van der Waals surface area contributed by atoms with Crippen LogP contribution in [0.4, 0.5) is 0 Å². The molecule has 3 heteroatoms. The summed E-state index contributed by atoms with van der Waals surface area (Å²) in [5.74, 6) is 0. The Morgan fingerprint density at radius 1 is 1.60 bits per heavy atom. The largest absolute Gasteiger partial charge is 1.00 e. The second-order valence-electron chi connectivity index (χ2n) is 0.204.